The maximum Gasteiger partial charge on any atom is 0.410 e. The van der Waals surface area contributed by atoms with Gasteiger partial charge in [-0.3, -0.25) is 4.68 Å². The molecule has 0 unspecified atom stereocenters. The number of likely N-dealkylation sites (tertiary alicyclic amines) is 1. The first-order valence-corrected chi connectivity index (χ1v) is 13.3. The number of rotatable bonds is 5. The van der Waals surface area contributed by atoms with Crippen molar-refractivity contribution in [1.82, 2.24) is 24.3 Å². The largest absolute Gasteiger partial charge is 0.496 e. The van der Waals surface area contributed by atoms with Crippen molar-refractivity contribution < 1.29 is 14.3 Å². The monoisotopic (exact) mass is 530 g/mol. The predicted octanol–water partition coefficient (Wildman–Crippen LogP) is 5.80. The van der Waals surface area contributed by atoms with Crippen LogP contribution in [0, 0.1) is 11.3 Å². The standard InChI is InChI=1S/C28H30N6O3S/c1-28(2,3)37-27(35)32-11-7-8-22(18-32)33-17-21(15-30-33)19-12-25(26-20(13-29)14-31-34(26)16-19)38-24-10-6-5-9-23(24)36-4/h5-6,9-10,12,14-17,22H,7-8,11,18H2,1-4H3/t22-/m0/s1. The molecule has 4 heterocycles. The number of piperidine rings is 1. The first kappa shape index (κ1) is 25.7. The predicted molar refractivity (Wildman–Crippen MR) is 144 cm³/mol. The summed E-state index contributed by atoms with van der Waals surface area (Å²) in [6.07, 6.45) is 8.87. The van der Waals surface area contributed by atoms with Crippen molar-refractivity contribution in [2.24, 2.45) is 0 Å². The fraction of sp³-hybridized carbons (Fsp3) is 0.357. The van der Waals surface area contributed by atoms with Crippen LogP contribution in [0.1, 0.15) is 45.2 Å². The fourth-order valence-electron chi connectivity index (χ4n) is 4.57. The molecule has 1 aromatic carbocycles. The molecule has 0 aliphatic carbocycles. The molecule has 0 bridgehead atoms. The molecule has 196 valence electrons. The van der Waals surface area contributed by atoms with Gasteiger partial charge in [0.1, 0.15) is 17.4 Å². The van der Waals surface area contributed by atoms with Crippen LogP contribution >= 0.6 is 11.8 Å². The van der Waals surface area contributed by atoms with E-state index in [9.17, 15) is 10.1 Å². The summed E-state index contributed by atoms with van der Waals surface area (Å²) >= 11 is 1.53. The van der Waals surface area contributed by atoms with Crippen molar-refractivity contribution in [3.8, 4) is 22.9 Å². The Hall–Kier alpha value is -3.97. The number of carbonyl (C=O) groups is 1. The minimum atomic E-state index is -0.529. The van der Waals surface area contributed by atoms with Gasteiger partial charge in [-0.1, -0.05) is 23.9 Å². The number of ether oxygens (including phenoxy) is 2. The van der Waals surface area contributed by atoms with Crippen LogP contribution in [-0.2, 0) is 4.74 Å². The van der Waals surface area contributed by atoms with E-state index in [-0.39, 0.29) is 12.1 Å². The molecule has 0 radical (unpaired) electrons. The molecule has 10 heteroatoms. The van der Waals surface area contributed by atoms with E-state index >= 15 is 0 Å². The maximum atomic E-state index is 12.6. The van der Waals surface area contributed by atoms with Crippen LogP contribution in [0.15, 0.2) is 64.9 Å². The number of hydrogen-bond donors (Lipinski definition) is 0. The lowest BCUT2D eigenvalue weighted by atomic mass is 10.1. The van der Waals surface area contributed by atoms with Gasteiger partial charge < -0.3 is 14.4 Å². The molecular weight excluding hydrogens is 500 g/mol. The average Bonchev–Trinajstić information content (AvgIpc) is 3.56. The van der Waals surface area contributed by atoms with E-state index in [1.165, 1.54) is 11.8 Å². The molecule has 4 aromatic rings. The second-order valence-corrected chi connectivity index (χ2v) is 11.3. The normalized spacial score (nSPS) is 15.9. The summed E-state index contributed by atoms with van der Waals surface area (Å²) in [5.74, 6) is 0.763. The van der Waals surface area contributed by atoms with Gasteiger partial charge in [-0.05, 0) is 51.8 Å². The quantitative estimate of drug-likeness (QED) is 0.322. The summed E-state index contributed by atoms with van der Waals surface area (Å²) in [6, 6.07) is 12.2. The molecule has 0 spiro atoms. The van der Waals surface area contributed by atoms with Crippen molar-refractivity contribution >= 4 is 23.4 Å². The molecule has 1 amide bonds. The Kier molecular flexibility index (Phi) is 7.04. The van der Waals surface area contributed by atoms with Gasteiger partial charge in [0.15, 0.2) is 0 Å². The van der Waals surface area contributed by atoms with E-state index in [4.69, 9.17) is 9.47 Å². The number of nitrogens with zero attached hydrogens (tertiary/aromatic N) is 6. The molecular formula is C28H30N6O3S. The second-order valence-electron chi connectivity index (χ2n) is 10.2. The Balaban J connectivity index is 1.45. The van der Waals surface area contributed by atoms with Crippen LogP contribution in [0.5, 0.6) is 5.75 Å². The summed E-state index contributed by atoms with van der Waals surface area (Å²) in [6.45, 7) is 6.86. The van der Waals surface area contributed by atoms with Crippen molar-refractivity contribution in [2.45, 2.75) is 55.0 Å². The van der Waals surface area contributed by atoms with E-state index < -0.39 is 5.60 Å². The van der Waals surface area contributed by atoms with Gasteiger partial charge in [0, 0.05) is 41.5 Å². The molecule has 0 saturated carbocycles. The number of amides is 1. The highest BCUT2D eigenvalue weighted by Crippen LogP contribution is 2.39. The van der Waals surface area contributed by atoms with Crippen LogP contribution in [0.4, 0.5) is 4.79 Å². The third kappa shape index (κ3) is 5.34. The Morgan fingerprint density at radius 2 is 1.95 bits per heavy atom. The molecule has 38 heavy (non-hydrogen) atoms. The number of aromatic nitrogens is 4. The van der Waals surface area contributed by atoms with E-state index in [0.717, 1.165) is 45.0 Å². The zero-order chi connectivity index (χ0) is 26.9. The highest BCUT2D eigenvalue weighted by atomic mass is 32.2. The summed E-state index contributed by atoms with van der Waals surface area (Å²) in [7, 11) is 1.65. The molecule has 9 nitrogen and oxygen atoms in total. The Morgan fingerprint density at radius 3 is 2.71 bits per heavy atom. The molecule has 5 rings (SSSR count). The van der Waals surface area contributed by atoms with Crippen LogP contribution in [0.3, 0.4) is 0 Å². The smallest absolute Gasteiger partial charge is 0.410 e. The molecule has 0 N–H and O–H groups in total. The van der Waals surface area contributed by atoms with Crippen molar-refractivity contribution in [1.29, 1.82) is 5.26 Å². The molecule has 3 aromatic heterocycles. The first-order chi connectivity index (χ1) is 18.3. The zero-order valence-electron chi connectivity index (χ0n) is 21.9. The van der Waals surface area contributed by atoms with E-state index in [0.29, 0.717) is 18.7 Å². The third-order valence-corrected chi connectivity index (χ3v) is 7.43. The molecule has 1 fully saturated rings. The third-order valence-electron chi connectivity index (χ3n) is 6.34. The van der Waals surface area contributed by atoms with Gasteiger partial charge in [-0.2, -0.15) is 15.5 Å². The Morgan fingerprint density at radius 1 is 1.13 bits per heavy atom. The van der Waals surface area contributed by atoms with Crippen molar-refractivity contribution in [3.63, 3.8) is 0 Å². The fourth-order valence-corrected chi connectivity index (χ4v) is 5.69. The lowest BCUT2D eigenvalue weighted by molar-refractivity contribution is 0.0167. The second kappa shape index (κ2) is 10.4. The number of pyridine rings is 1. The number of benzene rings is 1. The van der Waals surface area contributed by atoms with Crippen LogP contribution < -0.4 is 4.74 Å². The maximum absolute atomic E-state index is 12.6. The SMILES string of the molecule is COc1ccccc1Sc1cc(-c2cnn([C@H]3CCCN(C(=O)OC(C)(C)C)C3)c2)cn2ncc(C#N)c12. The van der Waals surface area contributed by atoms with Crippen LogP contribution in [-0.4, -0.2) is 56.2 Å². The Bertz CT molecular complexity index is 1510. The van der Waals surface area contributed by atoms with E-state index in [1.54, 1.807) is 22.7 Å². The summed E-state index contributed by atoms with van der Waals surface area (Å²) in [4.78, 5) is 16.2. The van der Waals surface area contributed by atoms with Crippen LogP contribution in [0.25, 0.3) is 16.6 Å². The average molecular weight is 531 g/mol. The van der Waals surface area contributed by atoms with Gasteiger partial charge in [0.2, 0.25) is 0 Å². The molecule has 1 atom stereocenters. The topological polar surface area (TPSA) is 97.7 Å². The van der Waals surface area contributed by atoms with E-state index in [2.05, 4.69) is 22.3 Å². The van der Waals surface area contributed by atoms with Gasteiger partial charge in [-0.25, -0.2) is 9.31 Å². The summed E-state index contributed by atoms with van der Waals surface area (Å²) in [5, 5.41) is 18.8. The first-order valence-electron chi connectivity index (χ1n) is 12.5. The van der Waals surface area contributed by atoms with Gasteiger partial charge >= 0.3 is 6.09 Å². The minimum Gasteiger partial charge on any atom is -0.496 e. The lowest BCUT2D eigenvalue weighted by Crippen LogP contribution is -2.43. The highest BCUT2D eigenvalue weighted by molar-refractivity contribution is 7.99. The molecule has 1 saturated heterocycles. The number of nitriles is 1. The lowest BCUT2D eigenvalue weighted by Gasteiger charge is -2.34. The number of methoxy groups -OCH3 is 1. The number of para-hydroxylation sites is 1. The highest BCUT2D eigenvalue weighted by Gasteiger charge is 2.29. The summed E-state index contributed by atoms with van der Waals surface area (Å²) < 4.78 is 14.8. The van der Waals surface area contributed by atoms with E-state index in [1.807, 2.05) is 68.3 Å². The minimum absolute atomic E-state index is 0.0612. The number of fused-ring (bicyclic) bond motifs is 1. The van der Waals surface area contributed by atoms with Crippen molar-refractivity contribution in [2.75, 3.05) is 20.2 Å². The van der Waals surface area contributed by atoms with Gasteiger partial charge in [0.25, 0.3) is 0 Å². The van der Waals surface area contributed by atoms with Crippen molar-refractivity contribution in [3.05, 3.63) is 60.7 Å². The molecule has 1 aliphatic heterocycles. The molecule has 1 aliphatic rings. The van der Waals surface area contributed by atoms with Gasteiger partial charge in [-0.15, -0.1) is 0 Å². The Labute approximate surface area is 225 Å². The zero-order valence-corrected chi connectivity index (χ0v) is 22.7. The van der Waals surface area contributed by atoms with Gasteiger partial charge in [0.05, 0.1) is 41.5 Å². The number of carbonyl (C=O) groups excluding carboxylic acids is 1. The van der Waals surface area contributed by atoms with Crippen LogP contribution in [0.2, 0.25) is 0 Å². The number of hydrogen-bond acceptors (Lipinski definition) is 7. The summed E-state index contributed by atoms with van der Waals surface area (Å²) in [5.41, 5.74) is 2.58.